The third kappa shape index (κ3) is 7.66. The molecule has 1 atom stereocenters. The van der Waals surface area contributed by atoms with Crippen molar-refractivity contribution in [2.45, 2.75) is 33.4 Å². The zero-order valence-electron chi connectivity index (χ0n) is 21.6. The predicted octanol–water partition coefficient (Wildman–Crippen LogP) is 2.64. The minimum Gasteiger partial charge on any atom is -0.497 e. The molecular formula is C25H35FN4O5S. The molecule has 1 N–H and O–H groups in total. The summed E-state index contributed by atoms with van der Waals surface area (Å²) in [5, 5.41) is 2.83. The molecule has 2 amide bonds. The molecule has 0 saturated heterocycles. The van der Waals surface area contributed by atoms with E-state index in [-0.39, 0.29) is 24.1 Å². The second kappa shape index (κ2) is 12.7. The van der Waals surface area contributed by atoms with Gasteiger partial charge in [-0.15, -0.1) is 0 Å². The Kier molecular flexibility index (Phi) is 10.2. The van der Waals surface area contributed by atoms with Gasteiger partial charge in [0.2, 0.25) is 11.8 Å². The Morgan fingerprint density at radius 2 is 1.69 bits per heavy atom. The third-order valence-corrected chi connectivity index (χ3v) is 7.29. The van der Waals surface area contributed by atoms with Crippen molar-refractivity contribution in [3.63, 3.8) is 0 Å². The maximum Gasteiger partial charge on any atom is 0.304 e. The Morgan fingerprint density at radius 3 is 2.25 bits per heavy atom. The number of hydrogen-bond donors (Lipinski definition) is 1. The van der Waals surface area contributed by atoms with E-state index in [1.165, 1.54) is 38.2 Å². The number of carbonyl (C=O) groups is 2. The van der Waals surface area contributed by atoms with Gasteiger partial charge >= 0.3 is 10.2 Å². The summed E-state index contributed by atoms with van der Waals surface area (Å²) in [6.07, 6.45) is 0. The zero-order valence-corrected chi connectivity index (χ0v) is 22.4. The number of halogens is 1. The molecule has 0 unspecified atom stereocenters. The molecule has 0 saturated carbocycles. The average molecular weight is 523 g/mol. The van der Waals surface area contributed by atoms with E-state index in [0.717, 1.165) is 20.7 Å². The number of nitrogens with zero attached hydrogens (tertiary/aromatic N) is 3. The molecule has 2 aromatic carbocycles. The third-order valence-electron chi connectivity index (χ3n) is 5.47. The average Bonchev–Trinajstić information content (AvgIpc) is 2.84. The Balaban J connectivity index is 2.44. The number of ether oxygens (including phenoxy) is 1. The van der Waals surface area contributed by atoms with Gasteiger partial charge in [-0.1, -0.05) is 26.0 Å². The lowest BCUT2D eigenvalue weighted by Gasteiger charge is -2.33. The number of nitrogens with one attached hydrogen (secondary N) is 1. The van der Waals surface area contributed by atoms with Crippen LogP contribution in [0.25, 0.3) is 0 Å². The number of rotatable bonds is 12. The van der Waals surface area contributed by atoms with Gasteiger partial charge in [0.15, 0.2) is 0 Å². The van der Waals surface area contributed by atoms with E-state index < -0.39 is 34.5 Å². The number of benzene rings is 2. The Hall–Kier alpha value is -3.18. The van der Waals surface area contributed by atoms with Gasteiger partial charge in [0.05, 0.1) is 12.8 Å². The lowest BCUT2D eigenvalue weighted by atomic mass is 10.1. The smallest absolute Gasteiger partial charge is 0.304 e. The molecule has 0 aliphatic rings. The lowest BCUT2D eigenvalue weighted by molar-refractivity contribution is -0.139. The minimum absolute atomic E-state index is 0.0472. The number of methoxy groups -OCH3 is 1. The van der Waals surface area contributed by atoms with Gasteiger partial charge in [-0.3, -0.25) is 9.59 Å². The molecule has 0 aromatic heterocycles. The molecule has 0 aliphatic carbocycles. The summed E-state index contributed by atoms with van der Waals surface area (Å²) in [6, 6.07) is 11.0. The highest BCUT2D eigenvalue weighted by molar-refractivity contribution is 7.90. The Labute approximate surface area is 213 Å². The number of hydrogen-bond acceptors (Lipinski definition) is 5. The summed E-state index contributed by atoms with van der Waals surface area (Å²) in [7, 11) is 0.0955. The minimum atomic E-state index is -4.11. The highest BCUT2D eigenvalue weighted by Crippen LogP contribution is 2.22. The van der Waals surface area contributed by atoms with Crippen LogP contribution in [0.3, 0.4) is 0 Å². The molecule has 0 radical (unpaired) electrons. The first-order valence-electron chi connectivity index (χ1n) is 11.5. The first-order valence-corrected chi connectivity index (χ1v) is 12.9. The van der Waals surface area contributed by atoms with Gasteiger partial charge in [0.1, 0.15) is 24.2 Å². The van der Waals surface area contributed by atoms with Crippen molar-refractivity contribution in [3.8, 4) is 5.75 Å². The maximum atomic E-state index is 13.6. The quantitative estimate of drug-likeness (QED) is 0.462. The molecule has 0 heterocycles. The summed E-state index contributed by atoms with van der Waals surface area (Å²) >= 11 is 0. The van der Waals surface area contributed by atoms with Crippen molar-refractivity contribution in [3.05, 3.63) is 59.9 Å². The summed E-state index contributed by atoms with van der Waals surface area (Å²) in [6.45, 7) is 5.40. The molecule has 36 heavy (non-hydrogen) atoms. The molecule has 2 aromatic rings. The standard InChI is InChI=1S/C25H35FN4O5S/c1-18(2)15-27-25(32)19(3)29(16-20-8-7-9-23(14-20)35-6)24(31)17-30(36(33,34)28(4)5)22-12-10-21(26)11-13-22/h7-14,18-19H,15-17H2,1-6H3,(H,27,32)/t19-/m0/s1. The SMILES string of the molecule is COc1cccc(CN(C(=O)CN(c2ccc(F)cc2)S(=O)(=O)N(C)C)[C@@H](C)C(=O)NCC(C)C)c1. The Morgan fingerprint density at radius 1 is 1.06 bits per heavy atom. The normalized spacial score (nSPS) is 12.4. The molecule has 9 nitrogen and oxygen atoms in total. The molecule has 0 spiro atoms. The molecular weight excluding hydrogens is 487 g/mol. The van der Waals surface area contributed by atoms with Crippen LogP contribution in [0.4, 0.5) is 10.1 Å². The number of anilines is 1. The van der Waals surface area contributed by atoms with E-state index >= 15 is 0 Å². The van der Waals surface area contributed by atoms with Crippen LogP contribution in [-0.4, -0.2) is 69.8 Å². The molecule has 0 bridgehead atoms. The van der Waals surface area contributed by atoms with Crippen LogP contribution in [-0.2, 0) is 26.3 Å². The first kappa shape index (κ1) is 29.1. The van der Waals surface area contributed by atoms with Crippen LogP contribution in [0.2, 0.25) is 0 Å². The van der Waals surface area contributed by atoms with Crippen molar-refractivity contribution in [1.29, 1.82) is 0 Å². The van der Waals surface area contributed by atoms with Crippen LogP contribution in [0.5, 0.6) is 5.75 Å². The summed E-state index contributed by atoms with van der Waals surface area (Å²) in [5.74, 6) is -0.700. The van der Waals surface area contributed by atoms with Crippen molar-refractivity contribution >= 4 is 27.7 Å². The largest absolute Gasteiger partial charge is 0.497 e. The molecule has 2 rings (SSSR count). The lowest BCUT2D eigenvalue weighted by Crippen LogP contribution is -2.52. The van der Waals surface area contributed by atoms with E-state index in [1.807, 2.05) is 13.8 Å². The van der Waals surface area contributed by atoms with E-state index in [1.54, 1.807) is 31.2 Å². The summed E-state index contributed by atoms with van der Waals surface area (Å²) in [5.41, 5.74) is 0.826. The maximum absolute atomic E-state index is 13.6. The van der Waals surface area contributed by atoms with E-state index in [9.17, 15) is 22.4 Å². The first-order chi connectivity index (χ1) is 16.9. The fourth-order valence-corrected chi connectivity index (χ4v) is 4.38. The van der Waals surface area contributed by atoms with Gasteiger partial charge in [-0.25, -0.2) is 8.70 Å². The summed E-state index contributed by atoms with van der Waals surface area (Å²) in [4.78, 5) is 27.8. The van der Waals surface area contributed by atoms with Crippen LogP contribution >= 0.6 is 0 Å². The van der Waals surface area contributed by atoms with Crippen molar-refractivity contribution in [1.82, 2.24) is 14.5 Å². The second-order valence-corrected chi connectivity index (χ2v) is 11.0. The number of amides is 2. The fourth-order valence-electron chi connectivity index (χ4n) is 3.33. The highest BCUT2D eigenvalue weighted by Gasteiger charge is 2.32. The highest BCUT2D eigenvalue weighted by atomic mass is 32.2. The van der Waals surface area contributed by atoms with Gasteiger partial charge in [-0.05, 0) is 54.8 Å². The summed E-state index contributed by atoms with van der Waals surface area (Å²) < 4.78 is 46.8. The molecule has 0 aliphatic heterocycles. The van der Waals surface area contributed by atoms with Gasteiger partial charge in [0, 0.05) is 27.2 Å². The van der Waals surface area contributed by atoms with E-state index in [2.05, 4.69) is 5.32 Å². The van der Waals surface area contributed by atoms with Gasteiger partial charge in [-0.2, -0.15) is 12.7 Å². The Bertz CT molecular complexity index is 1140. The topological polar surface area (TPSA) is 99.3 Å². The number of carbonyl (C=O) groups excluding carboxylic acids is 2. The van der Waals surface area contributed by atoms with Crippen LogP contribution in [0.1, 0.15) is 26.3 Å². The monoisotopic (exact) mass is 522 g/mol. The van der Waals surface area contributed by atoms with Crippen LogP contribution < -0.4 is 14.4 Å². The van der Waals surface area contributed by atoms with Crippen molar-refractivity contribution in [2.75, 3.05) is 38.6 Å². The van der Waals surface area contributed by atoms with Crippen molar-refractivity contribution < 1.29 is 27.1 Å². The molecule has 0 fully saturated rings. The predicted molar refractivity (Wildman–Crippen MR) is 137 cm³/mol. The molecule has 198 valence electrons. The van der Waals surface area contributed by atoms with E-state index in [0.29, 0.717) is 17.9 Å². The molecule has 11 heteroatoms. The second-order valence-electron chi connectivity index (χ2n) is 8.96. The fraction of sp³-hybridized carbons (Fsp3) is 0.440. The zero-order chi connectivity index (χ0) is 27.0. The van der Waals surface area contributed by atoms with E-state index in [4.69, 9.17) is 4.74 Å². The van der Waals surface area contributed by atoms with Crippen molar-refractivity contribution in [2.24, 2.45) is 5.92 Å². The van der Waals surface area contributed by atoms with Crippen LogP contribution in [0, 0.1) is 11.7 Å². The van der Waals surface area contributed by atoms with Crippen LogP contribution in [0.15, 0.2) is 48.5 Å². The van der Waals surface area contributed by atoms with Gasteiger partial charge < -0.3 is 15.0 Å². The van der Waals surface area contributed by atoms with Gasteiger partial charge in [0.25, 0.3) is 0 Å².